The van der Waals surface area contributed by atoms with Crippen LogP contribution in [-0.4, -0.2) is 36.1 Å². The zero-order valence-electron chi connectivity index (χ0n) is 19.9. The molecular weight excluding hydrogens is 454 g/mol. The van der Waals surface area contributed by atoms with Crippen LogP contribution in [0.2, 0.25) is 5.15 Å². The van der Waals surface area contributed by atoms with Crippen molar-refractivity contribution in [3.8, 4) is 5.69 Å². The number of rotatable bonds is 5. The fourth-order valence-electron chi connectivity index (χ4n) is 3.60. The number of aromatic nitrogens is 5. The third-order valence-corrected chi connectivity index (χ3v) is 5.32. The van der Waals surface area contributed by atoms with Gasteiger partial charge in [-0.15, -0.1) is 0 Å². The van der Waals surface area contributed by atoms with Crippen LogP contribution in [0.25, 0.3) is 11.3 Å². The number of amides is 1. The van der Waals surface area contributed by atoms with Crippen LogP contribution < -0.4 is 10.6 Å². The number of benzene rings is 1. The number of nitrogens with zero attached hydrogens (tertiary/aromatic N) is 6. The number of carbonyl (C=O) groups excluding carboxylic acids is 1. The first-order chi connectivity index (χ1) is 16.0. The number of hydrogen-bond acceptors (Lipinski definition) is 6. The van der Waals surface area contributed by atoms with Gasteiger partial charge in [-0.1, -0.05) is 43.6 Å². The highest BCUT2D eigenvalue weighted by Crippen LogP contribution is 2.29. The van der Waals surface area contributed by atoms with Crippen LogP contribution in [0.1, 0.15) is 51.7 Å². The van der Waals surface area contributed by atoms with Crippen molar-refractivity contribution in [2.45, 2.75) is 52.7 Å². The summed E-state index contributed by atoms with van der Waals surface area (Å²) in [5.41, 5.74) is 8.86. The first kappa shape index (κ1) is 23.6. The molecule has 10 heteroatoms. The van der Waals surface area contributed by atoms with E-state index in [9.17, 15) is 4.79 Å². The van der Waals surface area contributed by atoms with Crippen molar-refractivity contribution in [3.63, 3.8) is 0 Å². The summed E-state index contributed by atoms with van der Waals surface area (Å²) >= 11 is 6.41. The molecular formula is C24H28ClN7O2. The summed E-state index contributed by atoms with van der Waals surface area (Å²) < 4.78 is 9.06. The van der Waals surface area contributed by atoms with Gasteiger partial charge < -0.3 is 10.5 Å². The number of ether oxygens (including phenoxy) is 1. The van der Waals surface area contributed by atoms with Gasteiger partial charge in [0.25, 0.3) is 0 Å². The summed E-state index contributed by atoms with van der Waals surface area (Å²) in [5, 5.41) is 9.10. The summed E-state index contributed by atoms with van der Waals surface area (Å²) in [6, 6.07) is 9.25. The quantitative estimate of drug-likeness (QED) is 0.392. The Labute approximate surface area is 203 Å². The molecule has 0 fully saturated rings. The molecule has 1 aromatic carbocycles. The number of nitrogen functional groups attached to an aromatic ring is 1. The molecule has 2 N–H and O–H groups in total. The lowest BCUT2D eigenvalue weighted by molar-refractivity contribution is 0.0575. The van der Waals surface area contributed by atoms with Crippen LogP contribution in [0.3, 0.4) is 0 Å². The molecule has 3 heterocycles. The van der Waals surface area contributed by atoms with Crippen molar-refractivity contribution in [3.05, 3.63) is 65.2 Å². The van der Waals surface area contributed by atoms with Gasteiger partial charge in [0.05, 0.1) is 36.5 Å². The van der Waals surface area contributed by atoms with E-state index in [0.29, 0.717) is 17.2 Å². The topological polar surface area (TPSA) is 104 Å². The van der Waals surface area contributed by atoms with Gasteiger partial charge in [-0.05, 0) is 38.3 Å². The fourth-order valence-corrected chi connectivity index (χ4v) is 3.78. The molecule has 9 nitrogen and oxygen atoms in total. The molecule has 0 atom stereocenters. The maximum atomic E-state index is 13.5. The van der Waals surface area contributed by atoms with E-state index in [4.69, 9.17) is 22.1 Å². The normalized spacial score (nSPS) is 11.9. The second kappa shape index (κ2) is 8.98. The zero-order valence-corrected chi connectivity index (χ0v) is 20.6. The van der Waals surface area contributed by atoms with Crippen molar-refractivity contribution in [2.75, 3.05) is 10.6 Å². The minimum atomic E-state index is -0.700. The molecule has 178 valence electrons. The first-order valence-electron chi connectivity index (χ1n) is 11.0. The summed E-state index contributed by atoms with van der Waals surface area (Å²) in [4.78, 5) is 19.4. The van der Waals surface area contributed by atoms with Crippen LogP contribution in [0, 0.1) is 0 Å². The fraction of sp³-hybridized carbons (Fsp3) is 0.333. The minimum absolute atomic E-state index is 0.178. The molecule has 0 radical (unpaired) electrons. The molecule has 0 aliphatic rings. The first-order valence-corrected chi connectivity index (χ1v) is 11.3. The maximum absolute atomic E-state index is 13.5. The average molecular weight is 482 g/mol. The summed E-state index contributed by atoms with van der Waals surface area (Å²) in [6.45, 7) is 9.75. The summed E-state index contributed by atoms with van der Waals surface area (Å²) in [5.74, 6) is 0.628. The molecule has 34 heavy (non-hydrogen) atoms. The van der Waals surface area contributed by atoms with Gasteiger partial charge in [-0.25, -0.2) is 14.5 Å². The number of nitrogens with two attached hydrogens (primary N) is 1. The van der Waals surface area contributed by atoms with E-state index >= 15 is 0 Å². The molecule has 0 spiro atoms. The third kappa shape index (κ3) is 4.84. The Balaban J connectivity index is 1.86. The Morgan fingerprint density at radius 3 is 2.59 bits per heavy atom. The van der Waals surface area contributed by atoms with Crippen LogP contribution >= 0.6 is 11.6 Å². The van der Waals surface area contributed by atoms with Gasteiger partial charge in [0.15, 0.2) is 5.65 Å². The van der Waals surface area contributed by atoms with Gasteiger partial charge in [0, 0.05) is 11.6 Å². The van der Waals surface area contributed by atoms with E-state index < -0.39 is 11.7 Å². The minimum Gasteiger partial charge on any atom is -0.443 e. The molecule has 1 amide bonds. The number of hydrogen-bond donors (Lipinski definition) is 1. The Hall–Kier alpha value is -3.59. The van der Waals surface area contributed by atoms with Crippen LogP contribution in [0.15, 0.2) is 48.9 Å². The number of anilines is 2. The number of para-hydroxylation sites is 1. The van der Waals surface area contributed by atoms with Gasteiger partial charge >= 0.3 is 6.09 Å². The lowest BCUT2D eigenvalue weighted by Gasteiger charge is -2.28. The van der Waals surface area contributed by atoms with E-state index in [0.717, 1.165) is 16.8 Å². The largest absolute Gasteiger partial charge is 0.443 e. The molecule has 0 saturated carbocycles. The van der Waals surface area contributed by atoms with E-state index in [1.807, 2.05) is 45.0 Å². The molecule has 4 rings (SSSR count). The van der Waals surface area contributed by atoms with Crippen molar-refractivity contribution in [2.24, 2.45) is 0 Å². The molecule has 0 aliphatic heterocycles. The van der Waals surface area contributed by atoms with Gasteiger partial charge in [0.1, 0.15) is 16.6 Å². The van der Waals surface area contributed by atoms with Crippen LogP contribution in [0.4, 0.5) is 16.3 Å². The van der Waals surface area contributed by atoms with Gasteiger partial charge in [0.2, 0.25) is 0 Å². The molecule has 0 saturated heterocycles. The maximum Gasteiger partial charge on any atom is 0.416 e. The SMILES string of the molecule is CC(C)c1cnn2c(N(Cc3ccccc3-n3cc(N)cn3)C(=O)OC(C)(C)C)cc(Cl)nc12. The lowest BCUT2D eigenvalue weighted by Crippen LogP contribution is -2.38. The standard InChI is InChI=1S/C24H28ClN7O2/c1-15(2)18-12-28-32-21(10-20(25)29-22(18)32)30(23(33)34-24(3,4)5)13-16-8-6-7-9-19(16)31-14-17(26)11-27-31/h6-12,14-15H,13,26H2,1-5H3. The monoisotopic (exact) mass is 481 g/mol. The van der Waals surface area contributed by atoms with E-state index in [1.165, 1.54) is 4.90 Å². The smallest absolute Gasteiger partial charge is 0.416 e. The summed E-state index contributed by atoms with van der Waals surface area (Å²) in [6.07, 6.45) is 4.51. The average Bonchev–Trinajstić information content (AvgIpc) is 3.36. The van der Waals surface area contributed by atoms with Gasteiger partial charge in [-0.2, -0.15) is 14.7 Å². The highest BCUT2D eigenvalue weighted by molar-refractivity contribution is 6.29. The number of fused-ring (bicyclic) bond motifs is 1. The number of halogens is 1. The predicted molar refractivity (Wildman–Crippen MR) is 132 cm³/mol. The Morgan fingerprint density at radius 2 is 1.94 bits per heavy atom. The van der Waals surface area contributed by atoms with Crippen molar-refractivity contribution < 1.29 is 9.53 Å². The second-order valence-electron chi connectivity index (χ2n) is 9.34. The van der Waals surface area contributed by atoms with E-state index in [2.05, 4.69) is 29.0 Å². The Morgan fingerprint density at radius 1 is 1.21 bits per heavy atom. The second-order valence-corrected chi connectivity index (χ2v) is 9.73. The molecule has 0 unspecified atom stereocenters. The molecule has 4 aromatic rings. The van der Waals surface area contributed by atoms with Crippen LogP contribution in [0.5, 0.6) is 0 Å². The predicted octanol–water partition coefficient (Wildman–Crippen LogP) is 5.22. The molecule has 0 bridgehead atoms. The highest BCUT2D eigenvalue weighted by Gasteiger charge is 2.28. The molecule has 0 aliphatic carbocycles. The molecule has 3 aromatic heterocycles. The highest BCUT2D eigenvalue weighted by atomic mass is 35.5. The summed E-state index contributed by atoms with van der Waals surface area (Å²) in [7, 11) is 0. The van der Waals surface area contributed by atoms with Gasteiger partial charge in [-0.3, -0.25) is 4.90 Å². The third-order valence-electron chi connectivity index (χ3n) is 5.13. The lowest BCUT2D eigenvalue weighted by atomic mass is 10.1. The van der Waals surface area contributed by atoms with Crippen molar-refractivity contribution in [1.82, 2.24) is 24.4 Å². The van der Waals surface area contributed by atoms with Crippen LogP contribution in [-0.2, 0) is 11.3 Å². The Kier molecular flexibility index (Phi) is 6.22. The Bertz CT molecular complexity index is 1340. The number of carbonyl (C=O) groups is 1. The van der Waals surface area contributed by atoms with E-state index in [1.54, 1.807) is 33.9 Å². The van der Waals surface area contributed by atoms with Crippen molar-refractivity contribution in [1.29, 1.82) is 0 Å². The zero-order chi connectivity index (χ0) is 24.6. The van der Waals surface area contributed by atoms with E-state index in [-0.39, 0.29) is 17.6 Å². The van der Waals surface area contributed by atoms with Crippen molar-refractivity contribution >= 4 is 34.8 Å².